The van der Waals surface area contributed by atoms with Crippen LogP contribution in [0.1, 0.15) is 307 Å². The van der Waals surface area contributed by atoms with Crippen molar-refractivity contribution in [1.82, 2.24) is 0 Å². The summed E-state index contributed by atoms with van der Waals surface area (Å²) in [5, 5.41) is 0. The molecule has 0 aromatic heterocycles. The van der Waals surface area contributed by atoms with Gasteiger partial charge in [-0.1, -0.05) is 307 Å². The van der Waals surface area contributed by atoms with Gasteiger partial charge in [0.25, 0.3) is 0 Å². The quantitative estimate of drug-likeness (QED) is 0.0187. The molecular formula is C72H116O4P2S4Zn. The predicted octanol–water partition coefficient (Wildman–Crippen LogP) is 25.7. The molecule has 0 spiro atoms. The van der Waals surface area contributed by atoms with E-state index in [1.54, 1.807) is 0 Å². The molecule has 0 aliphatic carbocycles. The van der Waals surface area contributed by atoms with Crippen molar-refractivity contribution in [3.63, 3.8) is 0 Å². The van der Waals surface area contributed by atoms with Gasteiger partial charge in [-0.15, -0.1) is 0 Å². The number of unbranched alkanes of at least 4 members (excludes halogenated alkanes) is 36. The summed E-state index contributed by atoms with van der Waals surface area (Å²) in [6.45, 7) is 9.12. The van der Waals surface area contributed by atoms with E-state index in [-0.39, 0.29) is 19.5 Å². The van der Waals surface area contributed by atoms with E-state index in [0.29, 0.717) is 23.0 Å². The van der Waals surface area contributed by atoms with Crippen LogP contribution in [-0.2, 0) is 93.3 Å². The molecule has 0 fully saturated rings. The molecular weight excluding hydrogens is 1180 g/mol. The molecule has 0 unspecified atom stereocenters. The van der Waals surface area contributed by atoms with Gasteiger partial charge in [-0.2, -0.15) is 0 Å². The van der Waals surface area contributed by atoms with Gasteiger partial charge >= 0.3 is 19.5 Å². The Hall–Kier alpha value is -1.30. The third-order valence-electron chi connectivity index (χ3n) is 15.8. The van der Waals surface area contributed by atoms with Gasteiger partial charge in [0.15, 0.2) is 11.4 Å². The van der Waals surface area contributed by atoms with E-state index in [2.05, 4.69) is 76.2 Å². The Kier molecular flexibility index (Phi) is 49.3. The van der Waals surface area contributed by atoms with Gasteiger partial charge in [-0.05, 0) is 146 Å². The van der Waals surface area contributed by atoms with E-state index in [1.807, 2.05) is 48.5 Å². The van der Waals surface area contributed by atoms with Crippen LogP contribution in [0.3, 0.4) is 0 Å². The van der Waals surface area contributed by atoms with Crippen LogP contribution in [0, 0.1) is 0 Å². The molecule has 0 amide bonds. The van der Waals surface area contributed by atoms with Crippen LogP contribution in [0.5, 0.6) is 23.0 Å². The topological polar surface area (TPSA) is 36.9 Å². The van der Waals surface area contributed by atoms with Crippen molar-refractivity contribution in [3.8, 4) is 23.0 Å². The van der Waals surface area contributed by atoms with Gasteiger partial charge in [-0.25, -0.2) is 0 Å². The van der Waals surface area contributed by atoms with Crippen LogP contribution < -0.4 is 18.1 Å². The maximum absolute atomic E-state index is 5.95. The van der Waals surface area contributed by atoms with Crippen molar-refractivity contribution >= 4 is 59.5 Å². The zero-order valence-electron chi connectivity index (χ0n) is 53.2. The standard InChI is InChI=1S/2C36H59O2PS2.Zn/c2*1-3-5-7-9-11-13-15-17-19-21-23-33-25-29-35(30-26-33)37-39(40,41)38-36-31-27-34(28-32-36)24-22-20-18-16-14-12-10-8-6-4-2;/h2*25-32H,3-24H2,1-2H3,(H,40,41);/q;;+2/p-2. The van der Waals surface area contributed by atoms with E-state index in [1.165, 1.54) is 279 Å². The zero-order chi connectivity index (χ0) is 58.9. The molecule has 11 heteroatoms. The Morgan fingerprint density at radius 2 is 0.373 bits per heavy atom. The second kappa shape index (κ2) is 52.6. The number of rotatable bonds is 52. The Morgan fingerprint density at radius 1 is 0.241 bits per heavy atom. The molecule has 0 saturated heterocycles. The fraction of sp³-hybridized carbons (Fsp3) is 0.667. The summed E-state index contributed by atoms with van der Waals surface area (Å²) in [6.07, 6.45) is 59.0. The van der Waals surface area contributed by atoms with Gasteiger partial charge in [0.1, 0.15) is 23.0 Å². The first kappa shape index (κ1) is 77.8. The molecule has 464 valence electrons. The molecule has 0 aliphatic rings. The van der Waals surface area contributed by atoms with E-state index in [4.69, 9.17) is 66.2 Å². The molecule has 0 saturated carbocycles. The van der Waals surface area contributed by atoms with E-state index in [9.17, 15) is 0 Å². The average Bonchev–Trinajstić information content (AvgIpc) is 3.63. The third-order valence-corrected chi connectivity index (χ3v) is 19.4. The van der Waals surface area contributed by atoms with E-state index in [0.717, 1.165) is 25.7 Å². The molecule has 0 atom stereocenters. The largest absolute Gasteiger partial charge is 2.00 e. The monoisotopic (exact) mass is 1300 g/mol. The van der Waals surface area contributed by atoms with Crippen molar-refractivity contribution in [2.24, 2.45) is 0 Å². The normalized spacial score (nSPS) is 11.4. The third kappa shape index (κ3) is 43.9. The first-order valence-electron chi connectivity index (χ1n) is 33.8. The summed E-state index contributed by atoms with van der Waals surface area (Å²) in [6, 6.07) is 33.0. The van der Waals surface area contributed by atoms with Crippen LogP contribution in [0.2, 0.25) is 0 Å². The summed E-state index contributed by atoms with van der Waals surface area (Å²) in [4.78, 5) is 0. The fourth-order valence-electron chi connectivity index (χ4n) is 10.7. The second-order valence-corrected chi connectivity index (χ2v) is 33.2. The van der Waals surface area contributed by atoms with Crippen molar-refractivity contribution in [3.05, 3.63) is 119 Å². The first-order chi connectivity index (χ1) is 40.0. The summed E-state index contributed by atoms with van der Waals surface area (Å²) < 4.78 is 23.8. The maximum Gasteiger partial charge on any atom is 2.00 e. The van der Waals surface area contributed by atoms with Gasteiger partial charge in [-0.3, -0.25) is 0 Å². The Labute approximate surface area is 545 Å². The Bertz CT molecular complexity index is 1880. The number of aryl methyl sites for hydroxylation is 4. The smallest absolute Gasteiger partial charge is 0.665 e. The molecule has 4 aromatic carbocycles. The predicted molar refractivity (Wildman–Crippen MR) is 374 cm³/mol. The summed E-state index contributed by atoms with van der Waals surface area (Å²) in [5.74, 6) is 2.81. The summed E-state index contributed by atoms with van der Waals surface area (Å²) in [7, 11) is 0. The number of hydrogen-bond donors (Lipinski definition) is 0. The first-order valence-corrected chi connectivity index (χ1v) is 41.1. The van der Waals surface area contributed by atoms with E-state index >= 15 is 0 Å². The Balaban J connectivity index is 0.000000560. The molecule has 0 radical (unpaired) electrons. The minimum absolute atomic E-state index is 0. The second-order valence-electron chi connectivity index (χ2n) is 23.6. The minimum Gasteiger partial charge on any atom is -0.665 e. The zero-order valence-corrected chi connectivity index (χ0v) is 61.2. The summed E-state index contributed by atoms with van der Waals surface area (Å²) in [5.41, 5.74) is -0.320. The van der Waals surface area contributed by atoms with Gasteiger partial charge < -0.3 is 42.6 Å². The van der Waals surface area contributed by atoms with Gasteiger partial charge in [0, 0.05) is 0 Å². The molecule has 4 aromatic rings. The van der Waals surface area contributed by atoms with Gasteiger partial charge in [0.2, 0.25) is 0 Å². The maximum atomic E-state index is 5.95. The number of benzene rings is 4. The molecule has 0 N–H and O–H groups in total. The van der Waals surface area contributed by atoms with Crippen molar-refractivity contribution in [2.45, 2.75) is 310 Å². The SMILES string of the molecule is CCCCCCCCCCCCc1ccc(OP(=S)([S-])Oc2ccc(CCCCCCCCCCCC)cc2)cc1.CCCCCCCCCCCCc1ccc(OP(=S)([S-])Oc2ccc(CCCCCCCCCCCC)cc2)cc1.[Zn+2]. The minimum atomic E-state index is -2.84. The van der Waals surface area contributed by atoms with Crippen molar-refractivity contribution in [1.29, 1.82) is 0 Å². The van der Waals surface area contributed by atoms with Crippen LogP contribution >= 0.6 is 11.4 Å². The molecule has 0 aliphatic heterocycles. The molecule has 0 heterocycles. The number of hydrogen-bond acceptors (Lipinski definition) is 8. The van der Waals surface area contributed by atoms with Crippen LogP contribution in [0.15, 0.2) is 97.1 Å². The van der Waals surface area contributed by atoms with Crippen LogP contribution in [-0.4, -0.2) is 0 Å². The summed E-state index contributed by atoms with van der Waals surface area (Å²) >= 11 is 22.2. The van der Waals surface area contributed by atoms with Gasteiger partial charge in [0.05, 0.1) is 0 Å². The van der Waals surface area contributed by atoms with Crippen molar-refractivity contribution in [2.75, 3.05) is 0 Å². The van der Waals surface area contributed by atoms with Crippen LogP contribution in [0.4, 0.5) is 0 Å². The average molecular weight is 1300 g/mol. The van der Waals surface area contributed by atoms with E-state index < -0.39 is 11.4 Å². The molecule has 4 rings (SSSR count). The molecule has 83 heavy (non-hydrogen) atoms. The molecule has 4 nitrogen and oxygen atoms in total. The van der Waals surface area contributed by atoms with Crippen molar-refractivity contribution < 1.29 is 37.6 Å². The fourth-order valence-corrected chi connectivity index (χ4v) is 14.3. The Morgan fingerprint density at radius 3 is 0.518 bits per heavy atom. The molecule has 0 bridgehead atoms. The van der Waals surface area contributed by atoms with Crippen LogP contribution in [0.25, 0.3) is 0 Å².